The van der Waals surface area contributed by atoms with Gasteiger partial charge in [-0.3, -0.25) is 4.79 Å². The molecular formula is C23H22Cl2N2O4S. The molecule has 1 amide bonds. The third-order valence-electron chi connectivity index (χ3n) is 4.54. The lowest BCUT2D eigenvalue weighted by Crippen LogP contribution is -2.37. The average Bonchev–Trinajstić information content (AvgIpc) is 2.76. The lowest BCUT2D eigenvalue weighted by atomic mass is 10.2. The van der Waals surface area contributed by atoms with Crippen molar-refractivity contribution in [3.63, 3.8) is 0 Å². The van der Waals surface area contributed by atoms with E-state index in [1.165, 1.54) is 24.3 Å². The Bertz CT molecular complexity index is 1180. The van der Waals surface area contributed by atoms with Crippen LogP contribution in [0, 0.1) is 0 Å². The molecule has 168 valence electrons. The van der Waals surface area contributed by atoms with Crippen molar-refractivity contribution in [2.45, 2.75) is 18.4 Å². The number of ether oxygens (including phenoxy) is 1. The molecule has 0 aromatic heterocycles. The minimum Gasteiger partial charge on any atom is -0.492 e. The Balaban J connectivity index is 1.89. The summed E-state index contributed by atoms with van der Waals surface area (Å²) in [7, 11) is -4.02. The van der Waals surface area contributed by atoms with Gasteiger partial charge in [-0.15, -0.1) is 0 Å². The maximum absolute atomic E-state index is 13.4. The second-order valence-corrected chi connectivity index (χ2v) is 9.58. The van der Waals surface area contributed by atoms with Crippen LogP contribution in [0.4, 0.5) is 5.69 Å². The molecule has 3 aromatic carbocycles. The van der Waals surface area contributed by atoms with Crippen molar-refractivity contribution in [2.24, 2.45) is 0 Å². The number of hydrogen-bond donors (Lipinski definition) is 1. The third kappa shape index (κ3) is 6.01. The van der Waals surface area contributed by atoms with E-state index in [1.54, 1.807) is 48.5 Å². The number of para-hydroxylation sites is 2. The Hall–Kier alpha value is -2.58. The van der Waals surface area contributed by atoms with Gasteiger partial charge in [-0.05, 0) is 55.0 Å². The summed E-state index contributed by atoms with van der Waals surface area (Å²) in [4.78, 5) is 12.9. The smallest absolute Gasteiger partial charge is 0.243 e. The molecule has 0 heterocycles. The van der Waals surface area contributed by atoms with Crippen LogP contribution in [0.15, 0.2) is 77.7 Å². The quantitative estimate of drug-likeness (QED) is 0.444. The van der Waals surface area contributed by atoms with E-state index < -0.39 is 22.5 Å². The molecule has 0 aliphatic rings. The summed E-state index contributed by atoms with van der Waals surface area (Å²) in [5.74, 6) is -0.0108. The van der Waals surface area contributed by atoms with Crippen molar-refractivity contribution >= 4 is 44.8 Å². The number of hydrogen-bond acceptors (Lipinski definition) is 4. The molecular weight excluding hydrogens is 471 g/mol. The van der Waals surface area contributed by atoms with Gasteiger partial charge in [0.15, 0.2) is 0 Å². The first-order valence-corrected chi connectivity index (χ1v) is 12.0. The van der Waals surface area contributed by atoms with Crippen LogP contribution in [0.3, 0.4) is 0 Å². The van der Waals surface area contributed by atoms with Crippen molar-refractivity contribution in [2.75, 3.05) is 18.5 Å². The fraction of sp³-hybridized carbons (Fsp3) is 0.174. The first-order chi connectivity index (χ1) is 15.3. The van der Waals surface area contributed by atoms with Gasteiger partial charge in [0.2, 0.25) is 15.9 Å². The van der Waals surface area contributed by atoms with E-state index in [-0.39, 0.29) is 11.4 Å². The molecule has 3 aromatic rings. The monoisotopic (exact) mass is 492 g/mol. The zero-order chi connectivity index (χ0) is 23.1. The summed E-state index contributed by atoms with van der Waals surface area (Å²) >= 11 is 12.2. The Morgan fingerprint density at radius 1 is 0.969 bits per heavy atom. The number of nitrogens with zero attached hydrogens (tertiary/aromatic N) is 1. The molecule has 0 bridgehead atoms. The zero-order valence-electron chi connectivity index (χ0n) is 17.3. The van der Waals surface area contributed by atoms with Crippen LogP contribution in [0.25, 0.3) is 0 Å². The molecule has 3 rings (SSSR count). The van der Waals surface area contributed by atoms with E-state index in [0.29, 0.717) is 33.7 Å². The van der Waals surface area contributed by atoms with E-state index in [4.69, 9.17) is 27.9 Å². The summed E-state index contributed by atoms with van der Waals surface area (Å²) in [5.41, 5.74) is 1.04. The molecule has 0 atom stereocenters. The van der Waals surface area contributed by atoms with E-state index in [0.717, 1.165) is 4.31 Å². The molecule has 0 saturated heterocycles. The second kappa shape index (κ2) is 10.8. The van der Waals surface area contributed by atoms with Gasteiger partial charge in [0.05, 0.1) is 23.7 Å². The van der Waals surface area contributed by atoms with Gasteiger partial charge >= 0.3 is 0 Å². The van der Waals surface area contributed by atoms with Crippen molar-refractivity contribution in [3.05, 3.63) is 88.4 Å². The fourth-order valence-corrected chi connectivity index (χ4v) is 4.70. The van der Waals surface area contributed by atoms with Crippen molar-refractivity contribution in [1.82, 2.24) is 4.31 Å². The van der Waals surface area contributed by atoms with Crippen LogP contribution in [0.1, 0.15) is 12.5 Å². The third-order valence-corrected chi connectivity index (χ3v) is 6.96. The summed E-state index contributed by atoms with van der Waals surface area (Å²) in [6.07, 6.45) is 0. The Kier molecular flexibility index (Phi) is 8.15. The van der Waals surface area contributed by atoms with Gasteiger partial charge in [0.25, 0.3) is 0 Å². The van der Waals surface area contributed by atoms with Gasteiger partial charge < -0.3 is 10.1 Å². The topological polar surface area (TPSA) is 75.7 Å². The lowest BCUT2D eigenvalue weighted by Gasteiger charge is -2.23. The van der Waals surface area contributed by atoms with Crippen LogP contribution >= 0.6 is 23.2 Å². The molecule has 0 aliphatic heterocycles. The maximum atomic E-state index is 13.4. The Labute approximate surface area is 197 Å². The predicted octanol–water partition coefficient (Wildman–Crippen LogP) is 5.22. The molecule has 0 saturated carbocycles. The van der Waals surface area contributed by atoms with Crippen LogP contribution in [0.2, 0.25) is 10.0 Å². The maximum Gasteiger partial charge on any atom is 0.243 e. The number of halogens is 2. The molecule has 0 radical (unpaired) electrons. The molecule has 9 heteroatoms. The number of benzene rings is 3. The van der Waals surface area contributed by atoms with Gasteiger partial charge in [-0.1, -0.05) is 53.5 Å². The standard InChI is InChI=1S/C23H22Cl2N2O4S/c1-2-31-22-10-6-5-9-21(22)26-23(28)16-27(15-17-7-3-4-8-20(17)25)32(29,30)19-13-11-18(24)12-14-19/h3-14H,2,15-16H2,1H3,(H,26,28). The number of nitrogens with one attached hydrogen (secondary N) is 1. The molecule has 32 heavy (non-hydrogen) atoms. The lowest BCUT2D eigenvalue weighted by molar-refractivity contribution is -0.116. The van der Waals surface area contributed by atoms with E-state index in [2.05, 4.69) is 5.32 Å². The number of amides is 1. The number of rotatable bonds is 9. The van der Waals surface area contributed by atoms with Gasteiger partial charge in [0, 0.05) is 16.6 Å². The highest BCUT2D eigenvalue weighted by Gasteiger charge is 2.28. The molecule has 0 spiro atoms. The summed E-state index contributed by atoms with van der Waals surface area (Å²) in [6.45, 7) is 1.76. The largest absolute Gasteiger partial charge is 0.492 e. The first kappa shape index (κ1) is 24.1. The number of carbonyl (C=O) groups excluding carboxylic acids is 1. The summed E-state index contributed by atoms with van der Waals surface area (Å²) in [6, 6.07) is 19.6. The predicted molar refractivity (Wildman–Crippen MR) is 127 cm³/mol. The molecule has 1 N–H and O–H groups in total. The SMILES string of the molecule is CCOc1ccccc1NC(=O)CN(Cc1ccccc1Cl)S(=O)(=O)c1ccc(Cl)cc1. The van der Waals surface area contributed by atoms with E-state index in [9.17, 15) is 13.2 Å². The van der Waals surface area contributed by atoms with Crippen LogP contribution < -0.4 is 10.1 Å². The minimum atomic E-state index is -4.02. The van der Waals surface area contributed by atoms with Crippen molar-refractivity contribution in [1.29, 1.82) is 0 Å². The van der Waals surface area contributed by atoms with Gasteiger partial charge in [0.1, 0.15) is 5.75 Å². The fourth-order valence-electron chi connectivity index (χ4n) is 3.00. The summed E-state index contributed by atoms with van der Waals surface area (Å²) < 4.78 is 33.3. The average molecular weight is 493 g/mol. The molecule has 0 fully saturated rings. The Morgan fingerprint density at radius 3 is 2.31 bits per heavy atom. The first-order valence-electron chi connectivity index (χ1n) is 9.82. The zero-order valence-corrected chi connectivity index (χ0v) is 19.6. The number of sulfonamides is 1. The van der Waals surface area contributed by atoms with Crippen LogP contribution in [-0.2, 0) is 21.4 Å². The molecule has 0 aliphatic carbocycles. The van der Waals surface area contributed by atoms with Crippen LogP contribution in [-0.4, -0.2) is 31.8 Å². The van der Waals surface area contributed by atoms with Gasteiger partial charge in [-0.2, -0.15) is 4.31 Å². The van der Waals surface area contributed by atoms with E-state index in [1.807, 2.05) is 6.92 Å². The summed E-state index contributed by atoms with van der Waals surface area (Å²) in [5, 5.41) is 3.55. The minimum absolute atomic E-state index is 0.0245. The second-order valence-electron chi connectivity index (χ2n) is 6.80. The van der Waals surface area contributed by atoms with Crippen molar-refractivity contribution < 1.29 is 17.9 Å². The van der Waals surface area contributed by atoms with Gasteiger partial charge in [-0.25, -0.2) is 8.42 Å². The highest BCUT2D eigenvalue weighted by atomic mass is 35.5. The highest BCUT2D eigenvalue weighted by molar-refractivity contribution is 7.89. The van der Waals surface area contributed by atoms with Crippen molar-refractivity contribution in [3.8, 4) is 5.75 Å². The van der Waals surface area contributed by atoms with Crippen LogP contribution in [0.5, 0.6) is 5.75 Å². The Morgan fingerprint density at radius 2 is 1.62 bits per heavy atom. The highest BCUT2D eigenvalue weighted by Crippen LogP contribution is 2.26. The van der Waals surface area contributed by atoms with E-state index >= 15 is 0 Å². The number of carbonyl (C=O) groups is 1. The molecule has 0 unspecified atom stereocenters. The normalized spacial score (nSPS) is 11.4. The number of anilines is 1. The molecule has 6 nitrogen and oxygen atoms in total.